The Kier molecular flexibility index (Phi) is 8.64. The lowest BCUT2D eigenvalue weighted by Gasteiger charge is -2.15. The first-order chi connectivity index (χ1) is 12.4. The van der Waals surface area contributed by atoms with Crippen LogP contribution in [0.15, 0.2) is 47.5 Å². The molecule has 1 aromatic heterocycles. The van der Waals surface area contributed by atoms with Gasteiger partial charge in [-0.2, -0.15) is 0 Å². The van der Waals surface area contributed by atoms with Crippen molar-refractivity contribution in [3.05, 3.63) is 58.8 Å². The molecule has 9 heteroatoms. The zero-order valence-electron chi connectivity index (χ0n) is 15.2. The summed E-state index contributed by atoms with van der Waals surface area (Å²) in [6.07, 6.45) is 3.09. The van der Waals surface area contributed by atoms with Crippen molar-refractivity contribution < 1.29 is 9.59 Å². The SMILES string of the molecule is CC(C)[C@H](N)C(=O)NCC(=O)Nc1cccc(Cn2cccnc2=O)c1.Cl. The highest BCUT2D eigenvalue weighted by molar-refractivity contribution is 5.95. The molecule has 0 aliphatic heterocycles. The Labute approximate surface area is 163 Å². The molecular formula is C18H24ClN5O3. The zero-order valence-corrected chi connectivity index (χ0v) is 16.0. The van der Waals surface area contributed by atoms with Gasteiger partial charge in [0, 0.05) is 18.1 Å². The van der Waals surface area contributed by atoms with Crippen LogP contribution in [0, 0.1) is 5.92 Å². The second-order valence-electron chi connectivity index (χ2n) is 6.27. The maximum absolute atomic E-state index is 12.0. The van der Waals surface area contributed by atoms with Crippen molar-refractivity contribution in [2.75, 3.05) is 11.9 Å². The lowest BCUT2D eigenvalue weighted by atomic mass is 10.1. The van der Waals surface area contributed by atoms with Crippen LogP contribution in [0.5, 0.6) is 0 Å². The number of nitrogens with zero attached hydrogens (tertiary/aromatic N) is 2. The fraction of sp³-hybridized carbons (Fsp3) is 0.333. The Morgan fingerprint density at radius 1 is 1.26 bits per heavy atom. The number of amides is 2. The molecule has 2 amide bonds. The van der Waals surface area contributed by atoms with Gasteiger partial charge in [0.05, 0.1) is 19.1 Å². The number of anilines is 1. The van der Waals surface area contributed by atoms with Crippen molar-refractivity contribution in [3.8, 4) is 0 Å². The molecule has 0 unspecified atom stereocenters. The molecule has 4 N–H and O–H groups in total. The summed E-state index contributed by atoms with van der Waals surface area (Å²) in [5.74, 6) is -0.726. The van der Waals surface area contributed by atoms with E-state index in [-0.39, 0.29) is 42.4 Å². The highest BCUT2D eigenvalue weighted by Gasteiger charge is 2.17. The van der Waals surface area contributed by atoms with Gasteiger partial charge in [0.15, 0.2) is 0 Å². The van der Waals surface area contributed by atoms with Gasteiger partial charge in [0.1, 0.15) is 0 Å². The van der Waals surface area contributed by atoms with Crippen molar-refractivity contribution in [1.82, 2.24) is 14.9 Å². The minimum atomic E-state index is -0.649. The molecule has 8 nitrogen and oxygen atoms in total. The summed E-state index contributed by atoms with van der Waals surface area (Å²) in [5.41, 5.74) is 6.80. The molecule has 0 aliphatic carbocycles. The van der Waals surface area contributed by atoms with Crippen molar-refractivity contribution in [2.45, 2.75) is 26.4 Å². The van der Waals surface area contributed by atoms with E-state index in [9.17, 15) is 14.4 Å². The van der Waals surface area contributed by atoms with Gasteiger partial charge in [-0.05, 0) is 29.7 Å². The van der Waals surface area contributed by atoms with E-state index in [0.717, 1.165) is 5.56 Å². The number of nitrogens with one attached hydrogen (secondary N) is 2. The molecule has 2 rings (SSSR count). The van der Waals surface area contributed by atoms with E-state index in [2.05, 4.69) is 15.6 Å². The van der Waals surface area contributed by atoms with Gasteiger partial charge in [0.2, 0.25) is 11.8 Å². The van der Waals surface area contributed by atoms with E-state index in [1.807, 2.05) is 19.9 Å². The van der Waals surface area contributed by atoms with Crippen LogP contribution < -0.4 is 22.1 Å². The summed E-state index contributed by atoms with van der Waals surface area (Å²) in [4.78, 5) is 39.1. The molecule has 0 saturated carbocycles. The predicted octanol–water partition coefficient (Wildman–Crippen LogP) is 0.751. The Morgan fingerprint density at radius 2 is 2.00 bits per heavy atom. The number of carbonyl (C=O) groups is 2. The Balaban J connectivity index is 0.00000364. The average molecular weight is 394 g/mol. The van der Waals surface area contributed by atoms with Crippen LogP contribution in [0.1, 0.15) is 19.4 Å². The summed E-state index contributed by atoms with van der Waals surface area (Å²) in [5, 5.41) is 5.22. The van der Waals surface area contributed by atoms with Crippen molar-refractivity contribution in [1.29, 1.82) is 0 Å². The van der Waals surface area contributed by atoms with E-state index in [4.69, 9.17) is 5.73 Å². The number of benzene rings is 1. The first-order valence-electron chi connectivity index (χ1n) is 8.30. The van der Waals surface area contributed by atoms with Gasteiger partial charge in [-0.25, -0.2) is 9.78 Å². The molecule has 1 aromatic carbocycles. The number of carbonyl (C=O) groups excluding carboxylic acids is 2. The van der Waals surface area contributed by atoms with Gasteiger partial charge < -0.3 is 16.4 Å². The molecule has 2 aromatic rings. The fourth-order valence-corrected chi connectivity index (χ4v) is 2.24. The maximum atomic E-state index is 12.0. The van der Waals surface area contributed by atoms with Gasteiger partial charge in [-0.1, -0.05) is 26.0 Å². The normalized spacial score (nSPS) is 11.4. The predicted molar refractivity (Wildman–Crippen MR) is 106 cm³/mol. The van der Waals surface area contributed by atoms with Crippen LogP contribution in [-0.2, 0) is 16.1 Å². The van der Waals surface area contributed by atoms with E-state index >= 15 is 0 Å². The lowest BCUT2D eigenvalue weighted by Crippen LogP contribution is -2.46. The third-order valence-corrected chi connectivity index (χ3v) is 3.79. The number of aromatic nitrogens is 2. The summed E-state index contributed by atoms with van der Waals surface area (Å²) >= 11 is 0. The van der Waals surface area contributed by atoms with Gasteiger partial charge in [-0.15, -0.1) is 12.4 Å². The summed E-state index contributed by atoms with van der Waals surface area (Å²) in [7, 11) is 0. The summed E-state index contributed by atoms with van der Waals surface area (Å²) < 4.78 is 1.47. The van der Waals surface area contributed by atoms with Crippen molar-refractivity contribution >= 4 is 29.9 Å². The van der Waals surface area contributed by atoms with Crippen LogP contribution in [0.25, 0.3) is 0 Å². The average Bonchev–Trinajstić information content (AvgIpc) is 2.61. The zero-order chi connectivity index (χ0) is 19.1. The molecule has 0 bridgehead atoms. The van der Waals surface area contributed by atoms with E-state index < -0.39 is 6.04 Å². The van der Waals surface area contributed by atoms with Gasteiger partial charge >= 0.3 is 5.69 Å². The second-order valence-corrected chi connectivity index (χ2v) is 6.27. The molecule has 0 fully saturated rings. The van der Waals surface area contributed by atoms with Crippen LogP contribution in [0.2, 0.25) is 0 Å². The Morgan fingerprint density at radius 3 is 2.67 bits per heavy atom. The number of hydrogen-bond donors (Lipinski definition) is 3. The highest BCUT2D eigenvalue weighted by atomic mass is 35.5. The van der Waals surface area contributed by atoms with Crippen LogP contribution in [0.4, 0.5) is 5.69 Å². The molecule has 0 spiro atoms. The van der Waals surface area contributed by atoms with E-state index in [1.54, 1.807) is 30.5 Å². The van der Waals surface area contributed by atoms with E-state index in [0.29, 0.717) is 12.2 Å². The van der Waals surface area contributed by atoms with Crippen LogP contribution in [0.3, 0.4) is 0 Å². The second kappa shape index (κ2) is 10.4. The minimum absolute atomic E-state index is 0. The monoisotopic (exact) mass is 393 g/mol. The molecule has 0 radical (unpaired) electrons. The summed E-state index contributed by atoms with van der Waals surface area (Å²) in [6.45, 7) is 3.86. The smallest absolute Gasteiger partial charge is 0.346 e. The fourth-order valence-electron chi connectivity index (χ4n) is 2.24. The third kappa shape index (κ3) is 6.84. The molecule has 146 valence electrons. The quantitative estimate of drug-likeness (QED) is 0.641. The topological polar surface area (TPSA) is 119 Å². The lowest BCUT2D eigenvalue weighted by molar-refractivity contribution is -0.125. The van der Waals surface area contributed by atoms with Crippen LogP contribution >= 0.6 is 12.4 Å². The number of hydrogen-bond acceptors (Lipinski definition) is 5. The molecule has 1 heterocycles. The van der Waals surface area contributed by atoms with E-state index in [1.165, 1.54) is 10.8 Å². The van der Waals surface area contributed by atoms with Crippen molar-refractivity contribution in [3.63, 3.8) is 0 Å². The summed E-state index contributed by atoms with van der Waals surface area (Å²) in [6, 6.07) is 8.15. The number of nitrogens with two attached hydrogens (primary N) is 1. The molecule has 0 saturated heterocycles. The highest BCUT2D eigenvalue weighted by Crippen LogP contribution is 2.11. The number of halogens is 1. The third-order valence-electron chi connectivity index (χ3n) is 3.79. The maximum Gasteiger partial charge on any atom is 0.347 e. The molecule has 0 aliphatic rings. The number of rotatable bonds is 7. The Hall–Kier alpha value is -2.71. The molecule has 27 heavy (non-hydrogen) atoms. The Bertz CT molecular complexity index is 837. The van der Waals surface area contributed by atoms with Gasteiger partial charge in [-0.3, -0.25) is 14.2 Å². The first-order valence-corrected chi connectivity index (χ1v) is 8.30. The molecule has 1 atom stereocenters. The van der Waals surface area contributed by atoms with Crippen LogP contribution in [-0.4, -0.2) is 34.0 Å². The standard InChI is InChI=1S/C18H23N5O3.ClH/c1-12(2)16(19)17(25)21-10-15(24)22-14-6-3-5-13(9-14)11-23-8-4-7-20-18(23)26;/h3-9,12,16H,10-11,19H2,1-2H3,(H,21,25)(H,22,24);1H/t16-;/m0./s1. The minimum Gasteiger partial charge on any atom is -0.346 e. The largest absolute Gasteiger partial charge is 0.347 e. The first kappa shape index (κ1) is 22.3. The van der Waals surface area contributed by atoms with Crippen molar-refractivity contribution in [2.24, 2.45) is 11.7 Å². The molecular weight excluding hydrogens is 370 g/mol. The van der Waals surface area contributed by atoms with Gasteiger partial charge in [0.25, 0.3) is 0 Å².